The molecule has 0 bridgehead atoms. The zero-order chi connectivity index (χ0) is 25.1. The predicted molar refractivity (Wildman–Crippen MR) is 120 cm³/mol. The van der Waals surface area contributed by atoms with Gasteiger partial charge < -0.3 is 24.9 Å². The minimum absolute atomic E-state index is 0.0244. The molecule has 8 heteroatoms. The molecular formula is C26H36O8. The number of aliphatic hydroxyl groups is 3. The van der Waals surface area contributed by atoms with Gasteiger partial charge in [0.15, 0.2) is 11.6 Å². The van der Waals surface area contributed by atoms with Crippen LogP contribution in [0.2, 0.25) is 0 Å². The van der Waals surface area contributed by atoms with Crippen LogP contribution in [0.4, 0.5) is 0 Å². The van der Waals surface area contributed by atoms with Crippen molar-refractivity contribution < 1.29 is 39.2 Å². The number of fused-ring (bicyclic) bond motifs is 5. The van der Waals surface area contributed by atoms with E-state index in [9.17, 15) is 34.5 Å². The molecule has 0 spiro atoms. The summed E-state index contributed by atoms with van der Waals surface area (Å²) in [5.41, 5.74) is -2.44. The van der Waals surface area contributed by atoms with E-state index >= 15 is 0 Å². The minimum atomic E-state index is -1.68. The van der Waals surface area contributed by atoms with Gasteiger partial charge in [0.2, 0.25) is 0 Å². The van der Waals surface area contributed by atoms with Crippen LogP contribution in [0.15, 0.2) is 11.6 Å². The standard InChI is InChI=1S/C26H36O8/c1-14(28)4-7-22(32)34-21-11-16(29)10-15-5-6-17-18-8-9-26(33,20(31)13-27)24(18,2)12-19(30)23(17)25(15,21)3/h10,17-19,21,23,27,30,33H,4-9,11-13H2,1-3H3/t17-,18-,19-,21?,23+,24-,25+,26-/m0/s1. The Hall–Kier alpha value is -1.90. The van der Waals surface area contributed by atoms with Crippen molar-refractivity contribution in [3.63, 3.8) is 0 Å². The number of hydrogen-bond acceptors (Lipinski definition) is 8. The molecule has 3 N–H and O–H groups in total. The quantitative estimate of drug-likeness (QED) is 0.492. The maximum Gasteiger partial charge on any atom is 0.306 e. The van der Waals surface area contributed by atoms with Crippen LogP contribution in [0.25, 0.3) is 0 Å². The molecule has 0 amide bonds. The summed E-state index contributed by atoms with van der Waals surface area (Å²) in [5.74, 6) is -1.77. The van der Waals surface area contributed by atoms with E-state index < -0.39 is 47.0 Å². The molecular weight excluding hydrogens is 440 g/mol. The van der Waals surface area contributed by atoms with E-state index in [1.165, 1.54) is 6.92 Å². The number of hydrogen-bond donors (Lipinski definition) is 3. The summed E-state index contributed by atoms with van der Waals surface area (Å²) in [6.07, 6.45) is 2.38. The Morgan fingerprint density at radius 2 is 1.88 bits per heavy atom. The summed E-state index contributed by atoms with van der Waals surface area (Å²) in [6, 6.07) is 0. The van der Waals surface area contributed by atoms with Crippen molar-refractivity contribution in [1.82, 2.24) is 0 Å². The third kappa shape index (κ3) is 3.60. The van der Waals surface area contributed by atoms with E-state index in [0.29, 0.717) is 19.3 Å². The molecule has 34 heavy (non-hydrogen) atoms. The molecule has 8 atom stereocenters. The SMILES string of the molecule is CC(=O)CCC(=O)OC1CC(=O)C=C2CC[C@@H]3[C@H]([C@@H](O)C[C@@]4(C)[C@H]3CC[C@]4(O)C(=O)CO)[C@]21C. The number of ether oxygens (including phenoxy) is 1. The third-order valence-corrected chi connectivity index (χ3v) is 9.69. The molecule has 3 fully saturated rings. The first-order chi connectivity index (χ1) is 15.9. The molecule has 0 aromatic carbocycles. The Labute approximate surface area is 199 Å². The number of carbonyl (C=O) groups is 4. The lowest BCUT2D eigenvalue weighted by Crippen LogP contribution is -2.64. The number of aliphatic hydroxyl groups excluding tert-OH is 2. The zero-order valence-corrected chi connectivity index (χ0v) is 20.2. The van der Waals surface area contributed by atoms with E-state index in [0.717, 1.165) is 5.57 Å². The Morgan fingerprint density at radius 3 is 2.53 bits per heavy atom. The molecule has 4 rings (SSSR count). The predicted octanol–water partition coefficient (Wildman–Crippen LogP) is 1.67. The van der Waals surface area contributed by atoms with Crippen molar-refractivity contribution in [2.24, 2.45) is 28.6 Å². The lowest BCUT2D eigenvalue weighted by molar-refractivity contribution is -0.197. The molecule has 1 unspecified atom stereocenters. The molecule has 0 aliphatic heterocycles. The van der Waals surface area contributed by atoms with Gasteiger partial charge in [-0.2, -0.15) is 0 Å². The van der Waals surface area contributed by atoms with Gasteiger partial charge in [-0.3, -0.25) is 14.4 Å². The second-order valence-corrected chi connectivity index (χ2v) is 11.3. The summed E-state index contributed by atoms with van der Waals surface area (Å²) in [4.78, 5) is 48.9. The van der Waals surface area contributed by atoms with Gasteiger partial charge in [0.1, 0.15) is 24.1 Å². The summed E-state index contributed by atoms with van der Waals surface area (Å²) < 4.78 is 5.81. The number of Topliss-reactive ketones (excluding diaryl/α,β-unsaturated/α-hetero) is 2. The molecule has 0 aromatic heterocycles. The second kappa shape index (κ2) is 8.64. The maximum atomic E-state index is 12.6. The largest absolute Gasteiger partial charge is 0.461 e. The van der Waals surface area contributed by atoms with E-state index in [-0.39, 0.29) is 61.4 Å². The molecule has 4 aliphatic rings. The molecule has 3 saturated carbocycles. The van der Waals surface area contributed by atoms with E-state index in [4.69, 9.17) is 4.74 Å². The first-order valence-electron chi connectivity index (χ1n) is 12.4. The highest BCUT2D eigenvalue weighted by Crippen LogP contribution is 2.67. The number of esters is 1. The van der Waals surface area contributed by atoms with Crippen molar-refractivity contribution in [2.45, 2.75) is 89.9 Å². The topological polar surface area (TPSA) is 138 Å². The summed E-state index contributed by atoms with van der Waals surface area (Å²) >= 11 is 0. The van der Waals surface area contributed by atoms with Crippen LogP contribution >= 0.6 is 0 Å². The fraction of sp³-hybridized carbons (Fsp3) is 0.769. The molecule has 0 radical (unpaired) electrons. The van der Waals surface area contributed by atoms with E-state index in [1.54, 1.807) is 6.08 Å². The number of rotatable bonds is 6. The zero-order valence-electron chi connectivity index (χ0n) is 20.2. The van der Waals surface area contributed by atoms with Gasteiger partial charge in [-0.1, -0.05) is 19.4 Å². The minimum Gasteiger partial charge on any atom is -0.461 e. The van der Waals surface area contributed by atoms with E-state index in [2.05, 4.69) is 0 Å². The van der Waals surface area contributed by atoms with Crippen molar-refractivity contribution >= 4 is 23.3 Å². The van der Waals surface area contributed by atoms with Crippen LogP contribution in [0.1, 0.15) is 72.1 Å². The van der Waals surface area contributed by atoms with Crippen LogP contribution < -0.4 is 0 Å². The van der Waals surface area contributed by atoms with Gasteiger partial charge >= 0.3 is 5.97 Å². The fourth-order valence-corrected chi connectivity index (χ4v) is 7.96. The van der Waals surface area contributed by atoms with Crippen LogP contribution in [0.3, 0.4) is 0 Å². The lowest BCUT2D eigenvalue weighted by Gasteiger charge is -2.61. The number of carbonyl (C=O) groups excluding carboxylic acids is 4. The second-order valence-electron chi connectivity index (χ2n) is 11.3. The van der Waals surface area contributed by atoms with Gasteiger partial charge in [-0.25, -0.2) is 0 Å². The fourth-order valence-electron chi connectivity index (χ4n) is 7.96. The average Bonchev–Trinajstić information content (AvgIpc) is 3.03. The molecule has 188 valence electrons. The highest BCUT2D eigenvalue weighted by atomic mass is 16.5. The molecule has 8 nitrogen and oxygen atoms in total. The van der Waals surface area contributed by atoms with Gasteiger partial charge in [0.05, 0.1) is 12.5 Å². The van der Waals surface area contributed by atoms with Crippen molar-refractivity contribution in [2.75, 3.05) is 6.61 Å². The Bertz CT molecular complexity index is 939. The van der Waals surface area contributed by atoms with Crippen molar-refractivity contribution in [3.05, 3.63) is 11.6 Å². The van der Waals surface area contributed by atoms with E-state index in [1.807, 2.05) is 13.8 Å². The Morgan fingerprint density at radius 1 is 1.18 bits per heavy atom. The lowest BCUT2D eigenvalue weighted by atomic mass is 9.44. The smallest absolute Gasteiger partial charge is 0.306 e. The first-order valence-corrected chi connectivity index (χ1v) is 12.4. The normalized spacial score (nSPS) is 43.3. The average molecular weight is 477 g/mol. The van der Waals surface area contributed by atoms with Gasteiger partial charge in [-0.15, -0.1) is 0 Å². The number of ketones is 3. The highest BCUT2D eigenvalue weighted by Gasteiger charge is 2.69. The summed E-state index contributed by atoms with van der Waals surface area (Å²) in [5, 5.41) is 32.4. The summed E-state index contributed by atoms with van der Waals surface area (Å²) in [6.45, 7) is 4.46. The highest BCUT2D eigenvalue weighted by molar-refractivity contribution is 5.93. The van der Waals surface area contributed by atoms with Gasteiger partial charge in [-0.05, 0) is 56.9 Å². The van der Waals surface area contributed by atoms with Crippen LogP contribution in [0, 0.1) is 28.6 Å². The van der Waals surface area contributed by atoms with Crippen molar-refractivity contribution in [3.8, 4) is 0 Å². The Balaban J connectivity index is 1.68. The molecule has 0 aromatic rings. The van der Waals surface area contributed by atoms with Gasteiger partial charge in [0.25, 0.3) is 0 Å². The van der Waals surface area contributed by atoms with Crippen LogP contribution in [-0.2, 0) is 23.9 Å². The first kappa shape index (κ1) is 25.2. The van der Waals surface area contributed by atoms with Crippen LogP contribution in [-0.4, -0.2) is 63.1 Å². The molecule has 4 aliphatic carbocycles. The Kier molecular flexibility index (Phi) is 6.41. The summed E-state index contributed by atoms with van der Waals surface area (Å²) in [7, 11) is 0. The maximum absolute atomic E-state index is 12.6. The third-order valence-electron chi connectivity index (χ3n) is 9.69. The molecule has 0 saturated heterocycles. The van der Waals surface area contributed by atoms with Crippen molar-refractivity contribution in [1.29, 1.82) is 0 Å². The monoisotopic (exact) mass is 476 g/mol. The molecule has 0 heterocycles. The van der Waals surface area contributed by atoms with Crippen LogP contribution in [0.5, 0.6) is 0 Å². The van der Waals surface area contributed by atoms with Gasteiger partial charge in [0, 0.05) is 29.6 Å².